The molecule has 4 rings (SSSR count). The summed E-state index contributed by atoms with van der Waals surface area (Å²) in [5, 5.41) is 9.37. The van der Waals surface area contributed by atoms with E-state index in [2.05, 4.69) is 14.8 Å². The number of nitrogens with zero attached hydrogens (tertiary/aromatic N) is 5. The largest absolute Gasteiger partial charge is 0.404 e. The predicted octanol–water partition coefficient (Wildman–Crippen LogP) is 3.18. The number of anilines is 1. The van der Waals surface area contributed by atoms with E-state index in [-0.39, 0.29) is 11.6 Å². The zero-order valence-electron chi connectivity index (χ0n) is 16.4. The second-order valence-corrected chi connectivity index (χ2v) is 7.92. The van der Waals surface area contributed by atoms with Crippen molar-refractivity contribution in [1.82, 2.24) is 19.6 Å². The van der Waals surface area contributed by atoms with Gasteiger partial charge in [-0.3, -0.25) is 4.90 Å². The van der Waals surface area contributed by atoms with Crippen LogP contribution in [0.4, 0.5) is 10.2 Å². The average Bonchev–Trinajstić information content (AvgIpc) is 3.14. The maximum atomic E-state index is 13.9. The minimum absolute atomic E-state index is 0.0565. The second kappa shape index (κ2) is 8.93. The van der Waals surface area contributed by atoms with Crippen molar-refractivity contribution in [2.24, 2.45) is 0 Å². The van der Waals surface area contributed by atoms with E-state index < -0.39 is 11.9 Å². The number of hydrogen-bond acceptors (Lipinski definition) is 6. The molecule has 0 saturated carbocycles. The summed E-state index contributed by atoms with van der Waals surface area (Å²) in [5.41, 5.74) is 1.62. The number of fused-ring (bicyclic) bond motifs is 1. The number of aliphatic hydroxyl groups is 1. The van der Waals surface area contributed by atoms with Crippen molar-refractivity contribution in [3.63, 3.8) is 0 Å². The van der Waals surface area contributed by atoms with Crippen LogP contribution in [-0.4, -0.2) is 64.0 Å². The molecule has 1 aromatic carbocycles. The average molecular weight is 454 g/mol. The zero-order chi connectivity index (χ0) is 21.3. The Labute approximate surface area is 183 Å². The third-order valence-electron chi connectivity index (χ3n) is 5.22. The van der Waals surface area contributed by atoms with Crippen molar-refractivity contribution in [2.45, 2.75) is 13.0 Å². The van der Waals surface area contributed by atoms with Crippen molar-refractivity contribution in [3.05, 3.63) is 52.0 Å². The molecule has 1 fully saturated rings. The Morgan fingerprint density at radius 2 is 1.97 bits per heavy atom. The van der Waals surface area contributed by atoms with Gasteiger partial charge < -0.3 is 14.8 Å². The summed E-state index contributed by atoms with van der Waals surface area (Å²) in [4.78, 5) is 19.6. The summed E-state index contributed by atoms with van der Waals surface area (Å²) >= 11 is 12.3. The molecule has 0 amide bonds. The Balaban J connectivity index is 1.56. The summed E-state index contributed by atoms with van der Waals surface area (Å²) in [7, 11) is 0. The standard InChI is InChI=1S/C20H22Cl2FN5O2/c1-13(18-14(21)2-3-15(23)19(18)22)30-28-5-4-16-20(28)25-17(12-24-16)27-8-6-26(7-9-27)10-11-29/h2-5,12-13,29H,6-11H2,1H3. The molecule has 0 radical (unpaired) electrons. The quantitative estimate of drug-likeness (QED) is 0.578. The highest BCUT2D eigenvalue weighted by molar-refractivity contribution is 6.36. The zero-order valence-corrected chi connectivity index (χ0v) is 17.9. The number of aliphatic hydroxyl groups excluding tert-OH is 1. The molecule has 1 N–H and O–H groups in total. The van der Waals surface area contributed by atoms with E-state index >= 15 is 0 Å². The number of aromatic nitrogens is 3. The van der Waals surface area contributed by atoms with Crippen molar-refractivity contribution < 1.29 is 14.3 Å². The molecule has 1 unspecified atom stereocenters. The third kappa shape index (κ3) is 4.18. The Kier molecular flexibility index (Phi) is 6.29. The molecule has 10 heteroatoms. The van der Waals surface area contributed by atoms with Gasteiger partial charge in [-0.2, -0.15) is 4.73 Å². The number of piperazine rings is 1. The van der Waals surface area contributed by atoms with Crippen LogP contribution in [0.1, 0.15) is 18.6 Å². The Morgan fingerprint density at radius 3 is 2.70 bits per heavy atom. The van der Waals surface area contributed by atoms with Crippen LogP contribution in [0.2, 0.25) is 10.0 Å². The highest BCUT2D eigenvalue weighted by Gasteiger charge is 2.21. The van der Waals surface area contributed by atoms with Crippen molar-refractivity contribution in [3.8, 4) is 0 Å². The molecule has 0 aliphatic carbocycles. The molecular weight excluding hydrogens is 432 g/mol. The van der Waals surface area contributed by atoms with E-state index in [1.807, 2.05) is 0 Å². The summed E-state index contributed by atoms with van der Waals surface area (Å²) in [6.45, 7) is 5.89. The van der Waals surface area contributed by atoms with Crippen LogP contribution in [0, 0.1) is 5.82 Å². The summed E-state index contributed by atoms with van der Waals surface area (Å²) < 4.78 is 15.4. The number of β-amino-alcohol motifs (C(OH)–C–C–N with tert-alkyl or cyclic N) is 1. The first-order valence-electron chi connectivity index (χ1n) is 9.70. The van der Waals surface area contributed by atoms with E-state index in [1.54, 1.807) is 25.4 Å². The van der Waals surface area contributed by atoms with Gasteiger partial charge in [0.25, 0.3) is 0 Å². The molecule has 7 nitrogen and oxygen atoms in total. The first-order chi connectivity index (χ1) is 14.5. The monoisotopic (exact) mass is 453 g/mol. The smallest absolute Gasteiger partial charge is 0.196 e. The van der Waals surface area contributed by atoms with Crippen molar-refractivity contribution in [1.29, 1.82) is 0 Å². The maximum absolute atomic E-state index is 13.9. The van der Waals surface area contributed by atoms with Gasteiger partial charge in [0.1, 0.15) is 17.2 Å². The highest BCUT2D eigenvalue weighted by atomic mass is 35.5. The van der Waals surface area contributed by atoms with Gasteiger partial charge in [0.15, 0.2) is 11.8 Å². The molecule has 160 valence electrons. The lowest BCUT2D eigenvalue weighted by Gasteiger charge is -2.34. The Morgan fingerprint density at radius 1 is 1.20 bits per heavy atom. The fourth-order valence-corrected chi connectivity index (χ4v) is 4.26. The van der Waals surface area contributed by atoms with E-state index in [9.17, 15) is 4.39 Å². The number of rotatable bonds is 6. The van der Waals surface area contributed by atoms with Gasteiger partial charge in [-0.05, 0) is 25.1 Å². The van der Waals surface area contributed by atoms with E-state index in [0.717, 1.165) is 32.0 Å². The first-order valence-corrected chi connectivity index (χ1v) is 10.5. The fraction of sp³-hybridized carbons (Fsp3) is 0.400. The third-order valence-corrected chi connectivity index (χ3v) is 5.93. The van der Waals surface area contributed by atoms with Gasteiger partial charge in [-0.15, -0.1) is 0 Å². The lowest BCUT2D eigenvalue weighted by Crippen LogP contribution is -2.47. The van der Waals surface area contributed by atoms with Crippen LogP contribution in [0.25, 0.3) is 11.2 Å². The minimum Gasteiger partial charge on any atom is -0.404 e. The molecule has 0 spiro atoms. The van der Waals surface area contributed by atoms with Gasteiger partial charge >= 0.3 is 0 Å². The van der Waals surface area contributed by atoms with Gasteiger partial charge in [0.2, 0.25) is 0 Å². The normalized spacial score (nSPS) is 16.2. The molecule has 1 saturated heterocycles. The lowest BCUT2D eigenvalue weighted by molar-refractivity contribution is 0.0551. The van der Waals surface area contributed by atoms with Crippen LogP contribution in [0.5, 0.6) is 0 Å². The minimum atomic E-state index is -0.608. The molecule has 1 atom stereocenters. The van der Waals surface area contributed by atoms with Crippen molar-refractivity contribution in [2.75, 3.05) is 44.2 Å². The molecule has 3 heterocycles. The van der Waals surface area contributed by atoms with E-state index in [1.165, 1.54) is 16.9 Å². The molecule has 30 heavy (non-hydrogen) atoms. The van der Waals surface area contributed by atoms with Crippen LogP contribution in [-0.2, 0) is 0 Å². The number of benzene rings is 1. The van der Waals surface area contributed by atoms with Gasteiger partial charge in [0.05, 0.1) is 17.8 Å². The molecule has 2 aromatic heterocycles. The van der Waals surface area contributed by atoms with E-state index in [4.69, 9.17) is 38.1 Å². The fourth-order valence-electron chi connectivity index (χ4n) is 3.59. The van der Waals surface area contributed by atoms with Crippen LogP contribution < -0.4 is 9.74 Å². The molecular formula is C20H22Cl2FN5O2. The number of halogens is 3. The SMILES string of the molecule is CC(On1ccc2ncc(N3CCN(CCO)CC3)nc21)c1c(Cl)ccc(F)c1Cl. The van der Waals surface area contributed by atoms with Crippen LogP contribution >= 0.6 is 23.2 Å². The van der Waals surface area contributed by atoms with Crippen LogP contribution in [0.15, 0.2) is 30.6 Å². The molecule has 1 aliphatic heterocycles. The van der Waals surface area contributed by atoms with Gasteiger partial charge in [0, 0.05) is 49.5 Å². The molecule has 0 bridgehead atoms. The topological polar surface area (TPSA) is 66.7 Å². The highest BCUT2D eigenvalue weighted by Crippen LogP contribution is 2.33. The molecule has 3 aromatic rings. The Bertz CT molecular complexity index is 1040. The van der Waals surface area contributed by atoms with Crippen molar-refractivity contribution >= 4 is 40.2 Å². The first kappa shape index (κ1) is 21.1. The van der Waals surface area contributed by atoms with Gasteiger partial charge in [-0.25, -0.2) is 14.4 Å². The second-order valence-electron chi connectivity index (χ2n) is 7.14. The number of hydrogen-bond donors (Lipinski definition) is 1. The maximum Gasteiger partial charge on any atom is 0.196 e. The summed E-state index contributed by atoms with van der Waals surface area (Å²) in [6.07, 6.45) is 2.85. The Hall–Kier alpha value is -2.13. The summed E-state index contributed by atoms with van der Waals surface area (Å²) in [6, 6.07) is 4.48. The lowest BCUT2D eigenvalue weighted by atomic mass is 10.1. The van der Waals surface area contributed by atoms with Crippen LogP contribution in [0.3, 0.4) is 0 Å². The van der Waals surface area contributed by atoms with Gasteiger partial charge in [-0.1, -0.05) is 23.2 Å². The van der Waals surface area contributed by atoms with E-state index in [0.29, 0.717) is 28.3 Å². The molecule has 1 aliphatic rings. The predicted molar refractivity (Wildman–Crippen MR) is 115 cm³/mol. The summed E-state index contributed by atoms with van der Waals surface area (Å²) in [5.74, 6) is 0.204.